The van der Waals surface area contributed by atoms with Gasteiger partial charge in [-0.25, -0.2) is 4.79 Å². The summed E-state index contributed by atoms with van der Waals surface area (Å²) in [5.41, 5.74) is 0.642. The number of carbonyl (C=O) groups is 3. The number of ether oxygens (including phenoxy) is 1. The molecule has 0 fully saturated rings. The molecule has 0 saturated heterocycles. The van der Waals surface area contributed by atoms with Crippen LogP contribution in [0.25, 0.3) is 0 Å². The van der Waals surface area contributed by atoms with Crippen molar-refractivity contribution in [2.75, 3.05) is 7.11 Å². The molecular formula is C18H25ClN2O5. The van der Waals surface area contributed by atoms with Crippen LogP contribution in [0.15, 0.2) is 18.2 Å². The van der Waals surface area contributed by atoms with Crippen LogP contribution in [0.1, 0.15) is 32.8 Å². The SMILES string of the molecule is COc1ccc(C[C@@H](NC(=O)[C@H](CC(C)C)NC(C)=O)C(=O)O)cc1Cl. The van der Waals surface area contributed by atoms with Crippen molar-refractivity contribution < 1.29 is 24.2 Å². The second-order valence-corrected chi connectivity index (χ2v) is 6.86. The molecule has 0 spiro atoms. The first kappa shape index (κ1) is 21.8. The number of halogens is 1. The highest BCUT2D eigenvalue weighted by Gasteiger charge is 2.26. The Labute approximate surface area is 158 Å². The average Bonchev–Trinajstić information content (AvgIpc) is 2.52. The Morgan fingerprint density at radius 2 is 1.85 bits per heavy atom. The van der Waals surface area contributed by atoms with E-state index < -0.39 is 24.0 Å². The summed E-state index contributed by atoms with van der Waals surface area (Å²) in [5.74, 6) is -1.41. The molecule has 0 heterocycles. The van der Waals surface area contributed by atoms with Gasteiger partial charge in [-0.05, 0) is 30.0 Å². The van der Waals surface area contributed by atoms with E-state index in [4.69, 9.17) is 16.3 Å². The molecule has 7 nitrogen and oxygen atoms in total. The first-order valence-corrected chi connectivity index (χ1v) is 8.64. The molecule has 0 aromatic heterocycles. The number of methoxy groups -OCH3 is 1. The van der Waals surface area contributed by atoms with E-state index in [0.717, 1.165) is 0 Å². The van der Waals surface area contributed by atoms with E-state index in [2.05, 4.69) is 10.6 Å². The molecule has 0 aliphatic heterocycles. The van der Waals surface area contributed by atoms with E-state index in [-0.39, 0.29) is 18.2 Å². The van der Waals surface area contributed by atoms with Crippen molar-refractivity contribution >= 4 is 29.4 Å². The first-order valence-electron chi connectivity index (χ1n) is 8.26. The molecule has 0 radical (unpaired) electrons. The zero-order valence-corrected chi connectivity index (χ0v) is 16.1. The third-order valence-electron chi connectivity index (χ3n) is 3.67. The second-order valence-electron chi connectivity index (χ2n) is 6.46. The Morgan fingerprint density at radius 3 is 2.31 bits per heavy atom. The molecule has 1 aromatic carbocycles. The monoisotopic (exact) mass is 384 g/mol. The normalized spacial score (nSPS) is 13.0. The first-order chi connectivity index (χ1) is 12.1. The topological polar surface area (TPSA) is 105 Å². The lowest BCUT2D eigenvalue weighted by Gasteiger charge is -2.22. The molecule has 0 aliphatic carbocycles. The summed E-state index contributed by atoms with van der Waals surface area (Å²) in [6, 6.07) is 3.00. The number of carboxylic acids is 1. The summed E-state index contributed by atoms with van der Waals surface area (Å²) in [5, 5.41) is 14.9. The molecular weight excluding hydrogens is 360 g/mol. The highest BCUT2D eigenvalue weighted by Crippen LogP contribution is 2.25. The summed E-state index contributed by atoms with van der Waals surface area (Å²) in [6.45, 7) is 5.14. The third kappa shape index (κ3) is 6.92. The lowest BCUT2D eigenvalue weighted by Crippen LogP contribution is -2.52. The van der Waals surface area contributed by atoms with Gasteiger partial charge in [0.1, 0.15) is 17.8 Å². The van der Waals surface area contributed by atoms with Gasteiger partial charge in [0.25, 0.3) is 0 Å². The lowest BCUT2D eigenvalue weighted by atomic mass is 10.0. The van der Waals surface area contributed by atoms with Crippen molar-refractivity contribution in [2.45, 2.75) is 45.7 Å². The van der Waals surface area contributed by atoms with Crippen LogP contribution in [-0.2, 0) is 20.8 Å². The number of carboxylic acid groups (broad SMARTS) is 1. The fraction of sp³-hybridized carbons (Fsp3) is 0.500. The summed E-state index contributed by atoms with van der Waals surface area (Å²) in [6.07, 6.45) is 0.464. The molecule has 8 heteroatoms. The van der Waals surface area contributed by atoms with Crippen molar-refractivity contribution in [3.8, 4) is 5.75 Å². The van der Waals surface area contributed by atoms with Crippen LogP contribution >= 0.6 is 11.6 Å². The second kappa shape index (κ2) is 10.0. The summed E-state index contributed by atoms with van der Waals surface area (Å²) < 4.78 is 5.06. The molecule has 1 aromatic rings. The smallest absolute Gasteiger partial charge is 0.326 e. The average molecular weight is 385 g/mol. The van der Waals surface area contributed by atoms with E-state index in [9.17, 15) is 19.5 Å². The number of hydrogen-bond donors (Lipinski definition) is 3. The number of hydrogen-bond acceptors (Lipinski definition) is 4. The maximum Gasteiger partial charge on any atom is 0.326 e. The summed E-state index contributed by atoms with van der Waals surface area (Å²) in [7, 11) is 1.48. The van der Waals surface area contributed by atoms with Gasteiger partial charge in [0, 0.05) is 13.3 Å². The molecule has 0 unspecified atom stereocenters. The van der Waals surface area contributed by atoms with Crippen molar-refractivity contribution in [1.82, 2.24) is 10.6 Å². The van der Waals surface area contributed by atoms with Gasteiger partial charge in [0.05, 0.1) is 12.1 Å². The van der Waals surface area contributed by atoms with Crippen LogP contribution in [0, 0.1) is 5.92 Å². The van der Waals surface area contributed by atoms with Gasteiger partial charge in [-0.2, -0.15) is 0 Å². The molecule has 2 atom stereocenters. The molecule has 2 amide bonds. The van der Waals surface area contributed by atoms with Gasteiger partial charge in [0.15, 0.2) is 0 Å². The maximum absolute atomic E-state index is 12.5. The van der Waals surface area contributed by atoms with Crippen LogP contribution in [0.4, 0.5) is 0 Å². The summed E-state index contributed by atoms with van der Waals surface area (Å²) >= 11 is 6.06. The standard InChI is InChI=1S/C18H25ClN2O5/c1-10(2)7-14(20-11(3)22)17(23)21-15(18(24)25)9-12-5-6-16(26-4)13(19)8-12/h5-6,8,10,14-15H,7,9H2,1-4H3,(H,20,22)(H,21,23)(H,24,25)/t14-,15+/m0/s1. The molecule has 0 bridgehead atoms. The molecule has 3 N–H and O–H groups in total. The van der Waals surface area contributed by atoms with E-state index in [1.165, 1.54) is 14.0 Å². The Morgan fingerprint density at radius 1 is 1.19 bits per heavy atom. The minimum atomic E-state index is -1.17. The fourth-order valence-corrected chi connectivity index (χ4v) is 2.77. The zero-order chi connectivity index (χ0) is 19.9. The molecule has 0 saturated carbocycles. The van der Waals surface area contributed by atoms with Crippen LogP contribution in [0.5, 0.6) is 5.75 Å². The van der Waals surface area contributed by atoms with Crippen LogP contribution in [0.2, 0.25) is 5.02 Å². The van der Waals surface area contributed by atoms with Gasteiger partial charge in [-0.15, -0.1) is 0 Å². The van der Waals surface area contributed by atoms with E-state index in [1.54, 1.807) is 18.2 Å². The molecule has 26 heavy (non-hydrogen) atoms. The van der Waals surface area contributed by atoms with Crippen molar-refractivity contribution in [3.05, 3.63) is 28.8 Å². The largest absolute Gasteiger partial charge is 0.495 e. The minimum absolute atomic E-state index is 0.0548. The predicted octanol–water partition coefficient (Wildman–Crippen LogP) is 2.01. The highest BCUT2D eigenvalue weighted by molar-refractivity contribution is 6.32. The van der Waals surface area contributed by atoms with E-state index in [1.807, 2.05) is 13.8 Å². The number of rotatable bonds is 9. The van der Waals surface area contributed by atoms with Gasteiger partial charge < -0.3 is 20.5 Å². The van der Waals surface area contributed by atoms with E-state index in [0.29, 0.717) is 22.8 Å². The minimum Gasteiger partial charge on any atom is -0.495 e. The predicted molar refractivity (Wildman–Crippen MR) is 98.3 cm³/mol. The number of carbonyl (C=O) groups excluding carboxylic acids is 2. The summed E-state index contributed by atoms with van der Waals surface area (Å²) in [4.78, 5) is 35.3. The van der Waals surface area contributed by atoms with Crippen molar-refractivity contribution in [2.24, 2.45) is 5.92 Å². The number of benzene rings is 1. The van der Waals surface area contributed by atoms with Crippen molar-refractivity contribution in [1.29, 1.82) is 0 Å². The third-order valence-corrected chi connectivity index (χ3v) is 3.97. The Bertz CT molecular complexity index is 663. The lowest BCUT2D eigenvalue weighted by molar-refractivity contribution is -0.142. The molecule has 144 valence electrons. The zero-order valence-electron chi connectivity index (χ0n) is 15.3. The van der Waals surface area contributed by atoms with Crippen LogP contribution in [0.3, 0.4) is 0 Å². The van der Waals surface area contributed by atoms with Gasteiger partial charge in [-0.1, -0.05) is 31.5 Å². The molecule has 0 aliphatic rings. The fourth-order valence-electron chi connectivity index (χ4n) is 2.49. The van der Waals surface area contributed by atoms with Gasteiger partial charge in [0.2, 0.25) is 11.8 Å². The Hall–Kier alpha value is -2.28. The van der Waals surface area contributed by atoms with Crippen LogP contribution in [-0.4, -0.2) is 42.1 Å². The van der Waals surface area contributed by atoms with Crippen LogP contribution < -0.4 is 15.4 Å². The number of aliphatic carboxylic acids is 1. The Kier molecular flexibility index (Phi) is 8.38. The van der Waals surface area contributed by atoms with Gasteiger partial charge >= 0.3 is 5.97 Å². The maximum atomic E-state index is 12.5. The molecule has 1 rings (SSSR count). The number of nitrogens with one attached hydrogen (secondary N) is 2. The highest BCUT2D eigenvalue weighted by atomic mass is 35.5. The number of amides is 2. The quantitative estimate of drug-likeness (QED) is 0.604. The Balaban J connectivity index is 2.88. The van der Waals surface area contributed by atoms with Gasteiger partial charge in [-0.3, -0.25) is 9.59 Å². The van der Waals surface area contributed by atoms with E-state index >= 15 is 0 Å². The van der Waals surface area contributed by atoms with Crippen molar-refractivity contribution in [3.63, 3.8) is 0 Å².